The van der Waals surface area contributed by atoms with Gasteiger partial charge < -0.3 is 10.4 Å². The van der Waals surface area contributed by atoms with E-state index in [0.717, 1.165) is 6.07 Å². The minimum atomic E-state index is -1.23. The van der Waals surface area contributed by atoms with Gasteiger partial charge in [-0.1, -0.05) is 46.3 Å². The minimum absolute atomic E-state index is 0.208. The van der Waals surface area contributed by atoms with Gasteiger partial charge in [0.15, 0.2) is 6.04 Å². The van der Waals surface area contributed by atoms with Gasteiger partial charge >= 0.3 is 5.97 Å². The fourth-order valence-electron chi connectivity index (χ4n) is 1.82. The zero-order valence-corrected chi connectivity index (χ0v) is 12.3. The number of hydrogen-bond acceptors (Lipinski definition) is 2. The van der Waals surface area contributed by atoms with Gasteiger partial charge in [-0.25, -0.2) is 9.18 Å². The number of hydrogen-bond donors (Lipinski definition) is 2. The molecular formula is C15H11BrFNO3. The summed E-state index contributed by atoms with van der Waals surface area (Å²) in [6, 6.07) is 10.9. The number of carboxylic acids is 1. The molecular weight excluding hydrogens is 341 g/mol. The number of amides is 1. The Labute approximate surface area is 128 Å². The van der Waals surface area contributed by atoms with Gasteiger partial charge in [-0.15, -0.1) is 0 Å². The van der Waals surface area contributed by atoms with E-state index in [1.807, 2.05) is 0 Å². The average molecular weight is 352 g/mol. The Hall–Kier alpha value is -2.21. The normalized spacial score (nSPS) is 11.7. The first kappa shape index (κ1) is 15.2. The molecule has 6 heteroatoms. The van der Waals surface area contributed by atoms with Crippen LogP contribution in [0.2, 0.25) is 0 Å². The zero-order chi connectivity index (χ0) is 15.4. The second-order valence-electron chi connectivity index (χ2n) is 4.28. The van der Waals surface area contributed by atoms with E-state index in [4.69, 9.17) is 0 Å². The lowest BCUT2D eigenvalue weighted by Gasteiger charge is -2.15. The van der Waals surface area contributed by atoms with Crippen LogP contribution >= 0.6 is 15.9 Å². The van der Waals surface area contributed by atoms with Gasteiger partial charge in [0.25, 0.3) is 5.91 Å². The van der Waals surface area contributed by atoms with Crippen molar-refractivity contribution in [2.45, 2.75) is 6.04 Å². The lowest BCUT2D eigenvalue weighted by Crippen LogP contribution is -2.34. The Balaban J connectivity index is 2.25. The molecule has 108 valence electrons. The van der Waals surface area contributed by atoms with Gasteiger partial charge in [0, 0.05) is 4.47 Å². The van der Waals surface area contributed by atoms with Gasteiger partial charge in [-0.2, -0.15) is 0 Å². The van der Waals surface area contributed by atoms with Crippen LogP contribution in [-0.4, -0.2) is 17.0 Å². The van der Waals surface area contributed by atoms with Crippen molar-refractivity contribution < 1.29 is 19.1 Å². The van der Waals surface area contributed by atoms with Crippen molar-refractivity contribution in [3.05, 3.63) is 69.9 Å². The SMILES string of the molecule is O=C(N[C@@H](C(=O)O)c1ccccc1)c1ccc(Br)cc1F. The van der Waals surface area contributed by atoms with Crippen LogP contribution in [0.4, 0.5) is 4.39 Å². The summed E-state index contributed by atoms with van der Waals surface area (Å²) >= 11 is 3.09. The third-order valence-electron chi connectivity index (χ3n) is 2.83. The molecule has 1 amide bonds. The lowest BCUT2D eigenvalue weighted by molar-refractivity contribution is -0.139. The van der Waals surface area contributed by atoms with Crippen LogP contribution in [0.3, 0.4) is 0 Å². The molecule has 0 aliphatic heterocycles. The summed E-state index contributed by atoms with van der Waals surface area (Å²) in [5.41, 5.74) is 0.205. The molecule has 0 unspecified atom stereocenters. The summed E-state index contributed by atoms with van der Waals surface area (Å²) in [5, 5.41) is 11.5. The van der Waals surface area contributed by atoms with E-state index in [2.05, 4.69) is 21.2 Å². The first-order valence-electron chi connectivity index (χ1n) is 6.02. The number of carbonyl (C=O) groups is 2. The number of benzene rings is 2. The Morgan fingerprint density at radius 3 is 2.38 bits per heavy atom. The van der Waals surface area contributed by atoms with Crippen molar-refractivity contribution in [1.82, 2.24) is 5.32 Å². The summed E-state index contributed by atoms with van der Waals surface area (Å²) in [4.78, 5) is 23.3. The first-order valence-corrected chi connectivity index (χ1v) is 6.82. The molecule has 0 spiro atoms. The summed E-state index contributed by atoms with van der Waals surface area (Å²) in [6.45, 7) is 0. The summed E-state index contributed by atoms with van der Waals surface area (Å²) in [5.74, 6) is -2.72. The third-order valence-corrected chi connectivity index (χ3v) is 3.32. The summed E-state index contributed by atoms with van der Waals surface area (Å²) in [7, 11) is 0. The maximum absolute atomic E-state index is 13.7. The Kier molecular flexibility index (Phi) is 4.70. The topological polar surface area (TPSA) is 66.4 Å². The highest BCUT2D eigenvalue weighted by atomic mass is 79.9. The maximum atomic E-state index is 13.7. The molecule has 2 rings (SSSR count). The van der Waals surface area contributed by atoms with E-state index in [0.29, 0.717) is 10.0 Å². The molecule has 1 atom stereocenters. The van der Waals surface area contributed by atoms with E-state index in [9.17, 15) is 19.1 Å². The van der Waals surface area contributed by atoms with Gasteiger partial charge in [0.1, 0.15) is 5.82 Å². The summed E-state index contributed by atoms with van der Waals surface area (Å²) in [6.07, 6.45) is 0. The second-order valence-corrected chi connectivity index (χ2v) is 5.20. The minimum Gasteiger partial charge on any atom is -0.479 e. The Morgan fingerprint density at radius 1 is 1.14 bits per heavy atom. The van der Waals surface area contributed by atoms with Crippen LogP contribution in [0.5, 0.6) is 0 Å². The molecule has 2 aromatic rings. The van der Waals surface area contributed by atoms with Gasteiger partial charge in [0.2, 0.25) is 0 Å². The van der Waals surface area contributed by atoms with Crippen molar-refractivity contribution in [3.63, 3.8) is 0 Å². The van der Waals surface area contributed by atoms with Gasteiger partial charge in [-0.3, -0.25) is 4.79 Å². The molecule has 4 nitrogen and oxygen atoms in total. The Bertz CT molecular complexity index is 676. The molecule has 0 bridgehead atoms. The lowest BCUT2D eigenvalue weighted by atomic mass is 10.1. The second kappa shape index (κ2) is 6.49. The molecule has 0 fully saturated rings. The van der Waals surface area contributed by atoms with Crippen molar-refractivity contribution in [2.24, 2.45) is 0 Å². The molecule has 0 radical (unpaired) electrons. The molecule has 0 aliphatic rings. The third kappa shape index (κ3) is 3.66. The summed E-state index contributed by atoms with van der Waals surface area (Å²) < 4.78 is 14.2. The number of carboxylic acid groups (broad SMARTS) is 1. The number of halogens is 2. The largest absolute Gasteiger partial charge is 0.479 e. The molecule has 21 heavy (non-hydrogen) atoms. The van der Waals surface area contributed by atoms with Gasteiger partial charge in [-0.05, 0) is 23.8 Å². The van der Waals surface area contributed by atoms with Crippen LogP contribution in [0.25, 0.3) is 0 Å². The Morgan fingerprint density at radius 2 is 1.81 bits per heavy atom. The van der Waals surface area contributed by atoms with Crippen molar-refractivity contribution >= 4 is 27.8 Å². The van der Waals surface area contributed by atoms with Crippen molar-refractivity contribution in [3.8, 4) is 0 Å². The molecule has 2 aromatic carbocycles. The van der Waals surface area contributed by atoms with E-state index >= 15 is 0 Å². The highest BCUT2D eigenvalue weighted by Gasteiger charge is 2.23. The molecule has 2 N–H and O–H groups in total. The van der Waals surface area contributed by atoms with E-state index in [1.165, 1.54) is 12.1 Å². The first-order chi connectivity index (χ1) is 9.99. The quantitative estimate of drug-likeness (QED) is 0.889. The number of rotatable bonds is 4. The smallest absolute Gasteiger partial charge is 0.330 e. The average Bonchev–Trinajstić information content (AvgIpc) is 2.45. The monoisotopic (exact) mass is 351 g/mol. The predicted molar refractivity (Wildman–Crippen MR) is 78.4 cm³/mol. The van der Waals surface area contributed by atoms with Crippen molar-refractivity contribution in [2.75, 3.05) is 0 Å². The van der Waals surface area contributed by atoms with E-state index < -0.39 is 23.7 Å². The number of carbonyl (C=O) groups excluding carboxylic acids is 1. The standard InChI is InChI=1S/C15H11BrFNO3/c16-10-6-7-11(12(17)8-10)14(19)18-13(15(20)21)9-4-2-1-3-5-9/h1-8,13H,(H,18,19)(H,20,21)/t13-/m1/s1. The van der Waals surface area contributed by atoms with E-state index in [-0.39, 0.29) is 5.56 Å². The molecule has 0 heterocycles. The van der Waals surface area contributed by atoms with E-state index in [1.54, 1.807) is 30.3 Å². The fraction of sp³-hybridized carbons (Fsp3) is 0.0667. The molecule has 0 saturated heterocycles. The predicted octanol–water partition coefficient (Wildman–Crippen LogP) is 3.14. The van der Waals surface area contributed by atoms with Crippen molar-refractivity contribution in [1.29, 1.82) is 0 Å². The van der Waals surface area contributed by atoms with Crippen LogP contribution in [0.1, 0.15) is 22.0 Å². The van der Waals surface area contributed by atoms with Crippen LogP contribution in [-0.2, 0) is 4.79 Å². The van der Waals surface area contributed by atoms with Crippen LogP contribution in [0, 0.1) is 5.82 Å². The molecule has 0 saturated carbocycles. The fourth-order valence-corrected chi connectivity index (χ4v) is 2.15. The maximum Gasteiger partial charge on any atom is 0.330 e. The van der Waals surface area contributed by atoms with Crippen LogP contribution < -0.4 is 5.32 Å². The molecule has 0 aliphatic carbocycles. The number of nitrogens with one attached hydrogen (secondary N) is 1. The highest BCUT2D eigenvalue weighted by molar-refractivity contribution is 9.10. The van der Waals surface area contributed by atoms with Crippen LogP contribution in [0.15, 0.2) is 53.0 Å². The van der Waals surface area contributed by atoms with Gasteiger partial charge in [0.05, 0.1) is 5.56 Å². The zero-order valence-electron chi connectivity index (χ0n) is 10.7. The number of aliphatic carboxylic acids is 1. The highest BCUT2D eigenvalue weighted by Crippen LogP contribution is 2.18. The molecule has 0 aromatic heterocycles.